The monoisotopic (exact) mass is 224 g/mol. The number of aromatic hydroxyl groups is 1. The van der Waals surface area contributed by atoms with Crippen molar-refractivity contribution in [2.45, 2.75) is 20.0 Å². The summed E-state index contributed by atoms with van der Waals surface area (Å²) in [6.07, 6.45) is 2.83. The molecular weight excluding hydrogens is 208 g/mol. The summed E-state index contributed by atoms with van der Waals surface area (Å²) in [5.41, 5.74) is 0.338. The zero-order chi connectivity index (χ0) is 12.0. The predicted molar refractivity (Wildman–Crippen MR) is 59.3 cm³/mol. The highest BCUT2D eigenvalue weighted by atomic mass is 16.5. The molecule has 16 heavy (non-hydrogen) atoms. The van der Waals surface area contributed by atoms with Gasteiger partial charge in [-0.2, -0.15) is 0 Å². The van der Waals surface area contributed by atoms with E-state index in [0.717, 1.165) is 0 Å². The minimum Gasteiger partial charge on any atom is -0.506 e. The molecule has 0 atom stereocenters. The number of aromatic nitrogens is 1. The van der Waals surface area contributed by atoms with E-state index >= 15 is 0 Å². The first-order valence-corrected chi connectivity index (χ1v) is 5.13. The number of rotatable bonds is 5. The van der Waals surface area contributed by atoms with Gasteiger partial charge in [0.2, 0.25) is 0 Å². The first-order chi connectivity index (χ1) is 7.59. The van der Waals surface area contributed by atoms with Crippen molar-refractivity contribution in [3.05, 3.63) is 24.0 Å². The minimum absolute atomic E-state index is 0.0221. The smallest absolute Gasteiger partial charge is 0.253 e. The molecule has 1 rings (SSSR count). The maximum atomic E-state index is 11.5. The molecule has 0 aliphatic rings. The van der Waals surface area contributed by atoms with Crippen molar-refractivity contribution in [3.8, 4) is 5.75 Å². The van der Waals surface area contributed by atoms with Crippen molar-refractivity contribution in [2.75, 3.05) is 13.2 Å². The van der Waals surface area contributed by atoms with Crippen molar-refractivity contribution in [1.29, 1.82) is 0 Å². The molecule has 1 amide bonds. The number of ether oxygens (including phenoxy) is 1. The molecule has 5 heteroatoms. The van der Waals surface area contributed by atoms with Crippen molar-refractivity contribution in [1.82, 2.24) is 10.3 Å². The number of nitrogens with one attached hydrogen (secondary N) is 1. The largest absolute Gasteiger partial charge is 0.506 e. The van der Waals surface area contributed by atoms with Gasteiger partial charge in [0, 0.05) is 12.7 Å². The Morgan fingerprint density at radius 1 is 1.56 bits per heavy atom. The molecule has 0 unspecified atom stereocenters. The fraction of sp³-hybridized carbons (Fsp3) is 0.455. The average Bonchev–Trinajstić information content (AvgIpc) is 2.24. The van der Waals surface area contributed by atoms with E-state index in [-0.39, 0.29) is 17.8 Å². The molecule has 0 bridgehead atoms. The fourth-order valence-electron chi connectivity index (χ4n) is 1.11. The second-order valence-corrected chi connectivity index (χ2v) is 3.61. The number of amides is 1. The molecule has 0 spiro atoms. The van der Waals surface area contributed by atoms with E-state index in [0.29, 0.717) is 18.7 Å². The van der Waals surface area contributed by atoms with Crippen molar-refractivity contribution in [3.63, 3.8) is 0 Å². The van der Waals surface area contributed by atoms with Gasteiger partial charge in [0.1, 0.15) is 5.75 Å². The minimum atomic E-state index is -0.268. The highest BCUT2D eigenvalue weighted by Gasteiger charge is 2.05. The van der Waals surface area contributed by atoms with E-state index in [9.17, 15) is 4.79 Å². The average molecular weight is 224 g/mol. The Balaban J connectivity index is 2.35. The highest BCUT2D eigenvalue weighted by Crippen LogP contribution is 2.07. The lowest BCUT2D eigenvalue weighted by Crippen LogP contribution is -2.28. The summed E-state index contributed by atoms with van der Waals surface area (Å²) in [6, 6.07) is 1.37. The normalized spacial score (nSPS) is 10.4. The lowest BCUT2D eigenvalue weighted by Gasteiger charge is -2.08. The Labute approximate surface area is 94.5 Å². The molecule has 0 aliphatic heterocycles. The van der Waals surface area contributed by atoms with Crippen LogP contribution in [0.3, 0.4) is 0 Å². The Kier molecular flexibility index (Phi) is 4.72. The molecule has 0 saturated heterocycles. The van der Waals surface area contributed by atoms with Gasteiger partial charge in [0.25, 0.3) is 5.91 Å². The van der Waals surface area contributed by atoms with E-state index in [4.69, 9.17) is 9.84 Å². The number of hydrogen-bond acceptors (Lipinski definition) is 4. The summed E-state index contributed by atoms with van der Waals surface area (Å²) >= 11 is 0. The number of nitrogens with zero attached hydrogens (tertiary/aromatic N) is 1. The maximum Gasteiger partial charge on any atom is 0.253 e. The first-order valence-electron chi connectivity index (χ1n) is 5.13. The second kappa shape index (κ2) is 6.07. The highest BCUT2D eigenvalue weighted by molar-refractivity contribution is 5.94. The van der Waals surface area contributed by atoms with Crippen molar-refractivity contribution < 1.29 is 14.6 Å². The van der Waals surface area contributed by atoms with E-state index in [2.05, 4.69) is 10.3 Å². The molecule has 0 radical (unpaired) electrons. The summed E-state index contributed by atoms with van der Waals surface area (Å²) in [5.74, 6) is -0.290. The van der Waals surface area contributed by atoms with Crippen LogP contribution in [-0.2, 0) is 4.74 Å². The van der Waals surface area contributed by atoms with E-state index in [1.807, 2.05) is 13.8 Å². The van der Waals surface area contributed by atoms with E-state index in [1.54, 1.807) is 0 Å². The summed E-state index contributed by atoms with van der Waals surface area (Å²) < 4.78 is 5.27. The third-order valence-corrected chi connectivity index (χ3v) is 1.82. The number of carbonyl (C=O) groups is 1. The lowest BCUT2D eigenvalue weighted by molar-refractivity contribution is 0.0746. The van der Waals surface area contributed by atoms with Crippen LogP contribution in [0.2, 0.25) is 0 Å². The third kappa shape index (κ3) is 4.27. The molecular formula is C11H16N2O3. The van der Waals surface area contributed by atoms with Crippen LogP contribution >= 0.6 is 0 Å². The van der Waals surface area contributed by atoms with Gasteiger partial charge in [-0.05, 0) is 19.9 Å². The van der Waals surface area contributed by atoms with Gasteiger partial charge in [-0.1, -0.05) is 0 Å². The lowest BCUT2D eigenvalue weighted by atomic mass is 10.2. The molecule has 2 N–H and O–H groups in total. The maximum absolute atomic E-state index is 11.5. The van der Waals surface area contributed by atoms with Crippen LogP contribution in [0.15, 0.2) is 18.5 Å². The standard InChI is InChI=1S/C11H16N2O3/c1-8(2)16-4-3-13-11(15)9-5-10(14)7-12-6-9/h5-8,14H,3-4H2,1-2H3,(H,13,15). The van der Waals surface area contributed by atoms with Crippen LogP contribution in [0.1, 0.15) is 24.2 Å². The first kappa shape index (κ1) is 12.4. The zero-order valence-corrected chi connectivity index (χ0v) is 9.43. The number of hydrogen-bond donors (Lipinski definition) is 2. The van der Waals surface area contributed by atoms with Crippen molar-refractivity contribution >= 4 is 5.91 Å². The molecule has 0 aromatic carbocycles. The van der Waals surface area contributed by atoms with Gasteiger partial charge in [-0.25, -0.2) is 0 Å². The molecule has 5 nitrogen and oxygen atoms in total. The van der Waals surface area contributed by atoms with Crippen LogP contribution < -0.4 is 5.32 Å². The van der Waals surface area contributed by atoms with Crippen LogP contribution in [0.4, 0.5) is 0 Å². The Morgan fingerprint density at radius 3 is 2.94 bits per heavy atom. The Hall–Kier alpha value is -1.62. The fourth-order valence-corrected chi connectivity index (χ4v) is 1.11. The van der Waals surface area contributed by atoms with Crippen LogP contribution in [0.5, 0.6) is 5.75 Å². The van der Waals surface area contributed by atoms with E-state index in [1.165, 1.54) is 18.5 Å². The predicted octanol–water partition coefficient (Wildman–Crippen LogP) is 0.942. The van der Waals surface area contributed by atoms with Gasteiger partial charge >= 0.3 is 0 Å². The summed E-state index contributed by atoms with van der Waals surface area (Å²) in [7, 11) is 0. The summed E-state index contributed by atoms with van der Waals surface area (Å²) in [4.78, 5) is 15.2. The topological polar surface area (TPSA) is 71.5 Å². The van der Waals surface area contributed by atoms with Crippen LogP contribution in [0.25, 0.3) is 0 Å². The second-order valence-electron chi connectivity index (χ2n) is 3.61. The molecule has 0 fully saturated rings. The molecule has 0 saturated carbocycles. The van der Waals surface area contributed by atoms with Gasteiger partial charge in [-0.15, -0.1) is 0 Å². The summed E-state index contributed by atoms with van der Waals surface area (Å²) in [5, 5.41) is 11.8. The van der Waals surface area contributed by atoms with Gasteiger partial charge in [0.15, 0.2) is 0 Å². The SMILES string of the molecule is CC(C)OCCNC(=O)c1cncc(O)c1. The molecule has 1 aromatic heterocycles. The Bertz CT molecular complexity index is 353. The Morgan fingerprint density at radius 2 is 2.31 bits per heavy atom. The zero-order valence-electron chi connectivity index (χ0n) is 9.43. The summed E-state index contributed by atoms with van der Waals surface area (Å²) in [6.45, 7) is 4.77. The molecule has 88 valence electrons. The molecule has 0 aliphatic carbocycles. The molecule has 1 heterocycles. The number of carbonyl (C=O) groups excluding carboxylic acids is 1. The van der Waals surface area contributed by atoms with Crippen LogP contribution in [-0.4, -0.2) is 35.3 Å². The third-order valence-electron chi connectivity index (χ3n) is 1.82. The van der Waals surface area contributed by atoms with E-state index < -0.39 is 0 Å². The van der Waals surface area contributed by atoms with Gasteiger partial charge in [0.05, 0.1) is 24.5 Å². The molecule has 1 aromatic rings. The quantitative estimate of drug-likeness (QED) is 0.730. The van der Waals surface area contributed by atoms with Crippen LogP contribution in [0, 0.1) is 0 Å². The number of pyridine rings is 1. The van der Waals surface area contributed by atoms with Gasteiger partial charge < -0.3 is 15.2 Å². The van der Waals surface area contributed by atoms with Gasteiger partial charge in [-0.3, -0.25) is 9.78 Å². The van der Waals surface area contributed by atoms with Crippen molar-refractivity contribution in [2.24, 2.45) is 0 Å².